The Morgan fingerprint density at radius 2 is 2.00 bits per heavy atom. The highest BCUT2D eigenvalue weighted by Crippen LogP contribution is 2.30. The maximum atomic E-state index is 12.0. The van der Waals surface area contributed by atoms with Crippen molar-refractivity contribution in [3.8, 4) is 0 Å². The second kappa shape index (κ2) is 6.49. The Hall–Kier alpha value is -2.39. The van der Waals surface area contributed by atoms with Gasteiger partial charge in [-0.3, -0.25) is 0 Å². The average Bonchev–Trinajstić information content (AvgIpc) is 2.63. The van der Waals surface area contributed by atoms with Crippen LogP contribution in [0.3, 0.4) is 0 Å². The van der Waals surface area contributed by atoms with Gasteiger partial charge >= 0.3 is 5.63 Å². The van der Waals surface area contributed by atoms with E-state index < -0.39 is 0 Å². The monoisotopic (exact) mass is 333 g/mol. The van der Waals surface area contributed by atoms with Gasteiger partial charge in [0.15, 0.2) is 0 Å². The van der Waals surface area contributed by atoms with Crippen LogP contribution in [-0.2, 0) is 13.0 Å². The van der Waals surface area contributed by atoms with Crippen molar-refractivity contribution in [2.75, 3.05) is 0 Å². The van der Waals surface area contributed by atoms with Crippen LogP contribution in [0.5, 0.6) is 0 Å². The van der Waals surface area contributed by atoms with E-state index in [9.17, 15) is 4.79 Å². The minimum Gasteiger partial charge on any atom is -0.422 e. The van der Waals surface area contributed by atoms with Crippen molar-refractivity contribution in [2.45, 2.75) is 45.7 Å². The van der Waals surface area contributed by atoms with E-state index in [1.165, 1.54) is 17.5 Å². The summed E-state index contributed by atoms with van der Waals surface area (Å²) in [6, 6.07) is 14.8. The Labute approximate surface area is 147 Å². The molecule has 0 saturated carbocycles. The summed E-state index contributed by atoms with van der Waals surface area (Å²) in [6.45, 7) is 4.72. The predicted molar refractivity (Wildman–Crippen MR) is 101 cm³/mol. The third-order valence-electron chi connectivity index (χ3n) is 5.43. The van der Waals surface area contributed by atoms with E-state index in [-0.39, 0.29) is 5.63 Å². The molecule has 128 valence electrons. The third kappa shape index (κ3) is 3.00. The van der Waals surface area contributed by atoms with E-state index in [2.05, 4.69) is 41.7 Å². The summed E-state index contributed by atoms with van der Waals surface area (Å²) < 4.78 is 5.48. The maximum absolute atomic E-state index is 12.0. The first kappa shape index (κ1) is 16.1. The van der Waals surface area contributed by atoms with Crippen molar-refractivity contribution >= 4 is 11.0 Å². The van der Waals surface area contributed by atoms with Crippen LogP contribution in [0.1, 0.15) is 46.7 Å². The second-order valence-corrected chi connectivity index (χ2v) is 7.00. The van der Waals surface area contributed by atoms with Crippen LogP contribution < -0.4 is 10.9 Å². The molecule has 2 aromatic carbocycles. The van der Waals surface area contributed by atoms with Crippen molar-refractivity contribution in [2.24, 2.45) is 0 Å². The number of rotatable bonds is 3. The lowest BCUT2D eigenvalue weighted by Crippen LogP contribution is -2.25. The predicted octanol–water partition coefficient (Wildman–Crippen LogP) is 4.58. The minimum atomic E-state index is -0.276. The van der Waals surface area contributed by atoms with Gasteiger partial charge < -0.3 is 9.73 Å². The Balaban J connectivity index is 1.66. The van der Waals surface area contributed by atoms with Crippen molar-refractivity contribution in [3.63, 3.8) is 0 Å². The lowest BCUT2D eigenvalue weighted by Gasteiger charge is -2.26. The van der Waals surface area contributed by atoms with Gasteiger partial charge in [-0.05, 0) is 60.9 Å². The Morgan fingerprint density at radius 3 is 2.88 bits per heavy atom. The first-order chi connectivity index (χ1) is 12.1. The number of hydrogen-bond acceptors (Lipinski definition) is 3. The van der Waals surface area contributed by atoms with Gasteiger partial charge in [0.05, 0.1) is 0 Å². The standard InChI is InChI=1S/C22H23NO2/c1-14-10-11-19-17(12-21(24)25-22(19)15(14)2)13-23-20-9-5-7-16-6-3-4-8-18(16)20/h3-4,6,8,10-12,20,23H,5,7,9,13H2,1-2H3. The van der Waals surface area contributed by atoms with Gasteiger partial charge in [-0.1, -0.05) is 36.4 Å². The molecule has 3 aromatic rings. The Bertz CT molecular complexity index is 987. The van der Waals surface area contributed by atoms with Gasteiger partial charge in [-0.2, -0.15) is 0 Å². The molecule has 25 heavy (non-hydrogen) atoms. The van der Waals surface area contributed by atoms with E-state index in [0.717, 1.165) is 34.9 Å². The molecule has 1 heterocycles. The molecule has 1 unspecified atom stereocenters. The molecule has 0 radical (unpaired) electrons. The van der Waals surface area contributed by atoms with Crippen molar-refractivity contribution in [1.29, 1.82) is 0 Å². The summed E-state index contributed by atoms with van der Waals surface area (Å²) in [4.78, 5) is 12.0. The normalized spacial score (nSPS) is 16.8. The van der Waals surface area contributed by atoms with Gasteiger partial charge in [-0.15, -0.1) is 0 Å². The van der Waals surface area contributed by atoms with Crippen molar-refractivity contribution < 1.29 is 4.42 Å². The van der Waals surface area contributed by atoms with Crippen LogP contribution in [0.4, 0.5) is 0 Å². The highest BCUT2D eigenvalue weighted by atomic mass is 16.4. The molecule has 1 aliphatic rings. The zero-order valence-electron chi connectivity index (χ0n) is 14.8. The lowest BCUT2D eigenvalue weighted by atomic mass is 9.87. The van der Waals surface area contributed by atoms with Gasteiger partial charge in [0.25, 0.3) is 0 Å². The molecule has 1 aliphatic carbocycles. The number of hydrogen-bond donors (Lipinski definition) is 1. The third-order valence-corrected chi connectivity index (χ3v) is 5.43. The summed E-state index contributed by atoms with van der Waals surface area (Å²) in [7, 11) is 0. The molecular weight excluding hydrogens is 310 g/mol. The summed E-state index contributed by atoms with van der Waals surface area (Å²) in [6.07, 6.45) is 3.49. The van der Waals surface area contributed by atoms with Crippen LogP contribution in [0, 0.1) is 13.8 Å². The molecule has 0 fully saturated rings. The highest BCUT2D eigenvalue weighted by Gasteiger charge is 2.19. The van der Waals surface area contributed by atoms with Crippen LogP contribution in [0.25, 0.3) is 11.0 Å². The first-order valence-corrected chi connectivity index (χ1v) is 8.97. The second-order valence-electron chi connectivity index (χ2n) is 7.00. The van der Waals surface area contributed by atoms with Gasteiger partial charge in [0.1, 0.15) is 5.58 Å². The Morgan fingerprint density at radius 1 is 1.16 bits per heavy atom. The summed E-state index contributed by atoms with van der Waals surface area (Å²) in [5, 5.41) is 4.69. The fourth-order valence-electron chi connectivity index (χ4n) is 3.87. The highest BCUT2D eigenvalue weighted by molar-refractivity contribution is 5.83. The zero-order chi connectivity index (χ0) is 17.4. The minimum absolute atomic E-state index is 0.276. The maximum Gasteiger partial charge on any atom is 0.336 e. The molecule has 1 atom stereocenters. The van der Waals surface area contributed by atoms with Crippen LogP contribution >= 0.6 is 0 Å². The summed E-state index contributed by atoms with van der Waals surface area (Å²) in [5.41, 5.74) is 6.47. The average molecular weight is 333 g/mol. The number of aryl methyl sites for hydroxylation is 3. The zero-order valence-corrected chi connectivity index (χ0v) is 14.8. The molecular formula is C22H23NO2. The molecule has 0 aliphatic heterocycles. The molecule has 0 amide bonds. The topological polar surface area (TPSA) is 42.2 Å². The molecule has 4 rings (SSSR count). The van der Waals surface area contributed by atoms with Gasteiger partial charge in [0.2, 0.25) is 0 Å². The van der Waals surface area contributed by atoms with Crippen molar-refractivity contribution in [3.05, 3.63) is 80.7 Å². The molecule has 0 spiro atoms. The lowest BCUT2D eigenvalue weighted by molar-refractivity contribution is 0.458. The molecule has 0 saturated heterocycles. The molecule has 1 N–H and O–H groups in total. The van der Waals surface area contributed by atoms with E-state index in [4.69, 9.17) is 4.42 Å². The molecule has 3 heteroatoms. The first-order valence-electron chi connectivity index (χ1n) is 8.97. The number of nitrogens with one attached hydrogen (secondary N) is 1. The molecule has 0 bridgehead atoms. The van der Waals surface area contributed by atoms with E-state index in [1.807, 2.05) is 13.8 Å². The quantitative estimate of drug-likeness (QED) is 0.714. The van der Waals surface area contributed by atoms with Gasteiger partial charge in [-0.25, -0.2) is 4.79 Å². The van der Waals surface area contributed by atoms with E-state index in [1.54, 1.807) is 6.07 Å². The van der Waals surface area contributed by atoms with E-state index >= 15 is 0 Å². The fourth-order valence-corrected chi connectivity index (χ4v) is 3.87. The van der Waals surface area contributed by atoms with Crippen LogP contribution in [0.15, 0.2) is 51.7 Å². The number of benzene rings is 2. The van der Waals surface area contributed by atoms with Crippen LogP contribution in [-0.4, -0.2) is 0 Å². The molecule has 3 nitrogen and oxygen atoms in total. The molecule has 1 aromatic heterocycles. The summed E-state index contributed by atoms with van der Waals surface area (Å²) >= 11 is 0. The van der Waals surface area contributed by atoms with Crippen molar-refractivity contribution in [1.82, 2.24) is 5.32 Å². The van der Waals surface area contributed by atoms with Crippen LogP contribution in [0.2, 0.25) is 0 Å². The largest absolute Gasteiger partial charge is 0.422 e. The van der Waals surface area contributed by atoms with Gasteiger partial charge in [0, 0.05) is 24.0 Å². The smallest absolute Gasteiger partial charge is 0.336 e. The summed E-state index contributed by atoms with van der Waals surface area (Å²) in [5.74, 6) is 0. The SMILES string of the molecule is Cc1ccc2c(CNC3CCCc4ccccc43)cc(=O)oc2c1C. The fraction of sp³-hybridized carbons (Fsp3) is 0.318. The number of fused-ring (bicyclic) bond motifs is 2. The van der Waals surface area contributed by atoms with E-state index in [0.29, 0.717) is 18.2 Å². The Kier molecular flexibility index (Phi) is 4.18.